The van der Waals surface area contributed by atoms with E-state index >= 15 is 0 Å². The van der Waals surface area contributed by atoms with E-state index in [2.05, 4.69) is 5.32 Å². The molecule has 0 aromatic heterocycles. The number of carbonyl (C=O) groups is 2. The summed E-state index contributed by atoms with van der Waals surface area (Å²) in [6.45, 7) is -0.953. The quantitative estimate of drug-likeness (QED) is 0.533. The molecular formula is C14H15F5N2O3. The molecule has 0 aliphatic rings. The van der Waals surface area contributed by atoms with Crippen molar-refractivity contribution in [2.24, 2.45) is 0 Å². The van der Waals surface area contributed by atoms with Crippen LogP contribution in [0.5, 0.6) is 0 Å². The van der Waals surface area contributed by atoms with Crippen LogP contribution in [0, 0.1) is 11.6 Å². The van der Waals surface area contributed by atoms with Crippen molar-refractivity contribution in [3.05, 3.63) is 35.4 Å². The molecule has 1 aromatic carbocycles. The molecule has 0 saturated carbocycles. The first-order chi connectivity index (χ1) is 10.9. The number of hydrogen-bond donors (Lipinski definition) is 3. The minimum absolute atomic E-state index is 0.286. The number of hydrogen-bond acceptors (Lipinski definition) is 3. The van der Waals surface area contributed by atoms with E-state index in [0.29, 0.717) is 6.07 Å². The Balaban J connectivity index is 2.55. The minimum Gasteiger partial charge on any atom is -0.383 e. The smallest absolute Gasteiger partial charge is 0.383 e. The SMILES string of the molecule is C[C@](O)(CNC(=O)CC(=O)NCC(F)(F)F)c1ccc(F)cc1F. The number of nitrogens with one attached hydrogen (secondary N) is 2. The van der Waals surface area contributed by atoms with Gasteiger partial charge in [0, 0.05) is 11.6 Å². The molecule has 0 saturated heterocycles. The van der Waals surface area contributed by atoms with E-state index in [1.54, 1.807) is 0 Å². The lowest BCUT2D eigenvalue weighted by Gasteiger charge is -2.24. The topological polar surface area (TPSA) is 78.4 Å². The van der Waals surface area contributed by atoms with Gasteiger partial charge < -0.3 is 15.7 Å². The summed E-state index contributed by atoms with van der Waals surface area (Å²) in [5.41, 5.74) is -2.19. The van der Waals surface area contributed by atoms with E-state index in [4.69, 9.17) is 0 Å². The second-order valence-electron chi connectivity index (χ2n) is 5.24. The van der Waals surface area contributed by atoms with Crippen molar-refractivity contribution in [2.75, 3.05) is 13.1 Å². The third kappa shape index (κ3) is 6.49. The molecule has 0 spiro atoms. The monoisotopic (exact) mass is 354 g/mol. The fourth-order valence-corrected chi connectivity index (χ4v) is 1.76. The first kappa shape index (κ1) is 19.8. The van der Waals surface area contributed by atoms with Gasteiger partial charge in [0.1, 0.15) is 30.2 Å². The number of aliphatic hydroxyl groups is 1. The zero-order valence-corrected chi connectivity index (χ0v) is 12.5. The number of amides is 2. The summed E-state index contributed by atoms with van der Waals surface area (Å²) in [6, 6.07) is 2.46. The Bertz CT molecular complexity index is 617. The lowest BCUT2D eigenvalue weighted by molar-refractivity contribution is -0.141. The standard InChI is InChI=1S/C14H15F5N2O3/c1-13(24,9-3-2-8(15)4-10(9)16)6-20-11(22)5-12(23)21-7-14(17,18)19/h2-4,24H,5-7H2,1H3,(H,20,22)(H,21,23)/t13-/m0/s1. The largest absolute Gasteiger partial charge is 0.405 e. The molecule has 0 unspecified atom stereocenters. The number of benzene rings is 1. The maximum Gasteiger partial charge on any atom is 0.405 e. The molecule has 24 heavy (non-hydrogen) atoms. The zero-order valence-electron chi connectivity index (χ0n) is 12.5. The van der Waals surface area contributed by atoms with E-state index in [0.717, 1.165) is 19.1 Å². The van der Waals surface area contributed by atoms with Crippen molar-refractivity contribution in [3.8, 4) is 0 Å². The van der Waals surface area contributed by atoms with Gasteiger partial charge in [-0.15, -0.1) is 0 Å². The molecule has 0 aliphatic carbocycles. The highest BCUT2D eigenvalue weighted by molar-refractivity contribution is 5.96. The van der Waals surface area contributed by atoms with Crippen LogP contribution in [-0.4, -0.2) is 36.2 Å². The molecule has 0 radical (unpaired) electrons. The van der Waals surface area contributed by atoms with Crippen molar-refractivity contribution in [3.63, 3.8) is 0 Å². The van der Waals surface area contributed by atoms with E-state index in [-0.39, 0.29) is 5.56 Å². The molecule has 3 N–H and O–H groups in total. The van der Waals surface area contributed by atoms with Crippen LogP contribution in [0.15, 0.2) is 18.2 Å². The fraction of sp³-hybridized carbons (Fsp3) is 0.429. The van der Waals surface area contributed by atoms with E-state index < -0.39 is 54.7 Å². The minimum atomic E-state index is -4.60. The van der Waals surface area contributed by atoms with Crippen LogP contribution in [0.1, 0.15) is 18.9 Å². The fourth-order valence-electron chi connectivity index (χ4n) is 1.76. The Morgan fingerprint density at radius 3 is 2.12 bits per heavy atom. The highest BCUT2D eigenvalue weighted by Gasteiger charge is 2.29. The molecule has 0 fully saturated rings. The van der Waals surface area contributed by atoms with Crippen molar-refractivity contribution in [1.29, 1.82) is 0 Å². The number of carbonyl (C=O) groups excluding carboxylic acids is 2. The number of rotatable bonds is 6. The van der Waals surface area contributed by atoms with Crippen LogP contribution in [0.2, 0.25) is 0 Å². The molecule has 10 heteroatoms. The van der Waals surface area contributed by atoms with Gasteiger partial charge in [-0.3, -0.25) is 9.59 Å². The van der Waals surface area contributed by atoms with Crippen molar-refractivity contribution < 1.29 is 36.6 Å². The molecule has 134 valence electrons. The molecule has 1 aromatic rings. The van der Waals surface area contributed by atoms with Gasteiger partial charge in [-0.05, 0) is 13.0 Å². The lowest BCUT2D eigenvalue weighted by Crippen LogP contribution is -2.42. The van der Waals surface area contributed by atoms with Gasteiger partial charge in [0.25, 0.3) is 0 Å². The summed E-state index contributed by atoms with van der Waals surface area (Å²) >= 11 is 0. The second-order valence-corrected chi connectivity index (χ2v) is 5.24. The first-order valence-corrected chi connectivity index (χ1v) is 6.69. The molecule has 1 atom stereocenters. The van der Waals surface area contributed by atoms with Crippen LogP contribution in [0.25, 0.3) is 0 Å². The van der Waals surface area contributed by atoms with Crippen LogP contribution >= 0.6 is 0 Å². The van der Waals surface area contributed by atoms with Crippen molar-refractivity contribution in [2.45, 2.75) is 25.1 Å². The van der Waals surface area contributed by atoms with E-state index in [1.807, 2.05) is 0 Å². The summed E-state index contributed by atoms with van der Waals surface area (Å²) in [5, 5.41) is 13.7. The highest BCUT2D eigenvalue weighted by Crippen LogP contribution is 2.23. The Morgan fingerprint density at radius 1 is 1.08 bits per heavy atom. The highest BCUT2D eigenvalue weighted by atomic mass is 19.4. The van der Waals surface area contributed by atoms with Crippen LogP contribution in [-0.2, 0) is 15.2 Å². The molecule has 5 nitrogen and oxygen atoms in total. The van der Waals surface area contributed by atoms with E-state index in [1.165, 1.54) is 5.32 Å². The second kappa shape index (κ2) is 7.56. The van der Waals surface area contributed by atoms with Gasteiger partial charge in [-0.2, -0.15) is 13.2 Å². The Kier molecular flexibility index (Phi) is 6.24. The predicted octanol–water partition coefficient (Wildman–Crippen LogP) is 1.36. The summed E-state index contributed by atoms with van der Waals surface area (Å²) < 4.78 is 62.1. The summed E-state index contributed by atoms with van der Waals surface area (Å²) in [7, 11) is 0. The molecule has 1 rings (SSSR count). The van der Waals surface area contributed by atoms with Gasteiger partial charge in [0.15, 0.2) is 0 Å². The average Bonchev–Trinajstić information content (AvgIpc) is 2.42. The van der Waals surface area contributed by atoms with Crippen molar-refractivity contribution >= 4 is 11.8 Å². The molecular weight excluding hydrogens is 339 g/mol. The summed E-state index contributed by atoms with van der Waals surface area (Å²) in [6.07, 6.45) is -5.49. The zero-order chi connectivity index (χ0) is 18.5. The predicted molar refractivity (Wildman–Crippen MR) is 72.6 cm³/mol. The van der Waals surface area contributed by atoms with Gasteiger partial charge in [-0.1, -0.05) is 6.07 Å². The molecule has 0 heterocycles. The molecule has 0 aliphatic heterocycles. The Hall–Kier alpha value is -2.23. The van der Waals surface area contributed by atoms with Crippen molar-refractivity contribution in [1.82, 2.24) is 10.6 Å². The molecule has 0 bridgehead atoms. The average molecular weight is 354 g/mol. The Labute approximate surface area is 133 Å². The third-order valence-corrected chi connectivity index (χ3v) is 2.95. The Morgan fingerprint density at radius 2 is 1.62 bits per heavy atom. The lowest BCUT2D eigenvalue weighted by atomic mass is 9.95. The third-order valence-electron chi connectivity index (χ3n) is 2.95. The van der Waals surface area contributed by atoms with Crippen LogP contribution in [0.4, 0.5) is 22.0 Å². The maximum atomic E-state index is 13.6. The van der Waals surface area contributed by atoms with Gasteiger partial charge >= 0.3 is 6.18 Å². The maximum absolute atomic E-state index is 13.6. The first-order valence-electron chi connectivity index (χ1n) is 6.69. The number of halogens is 5. The summed E-state index contributed by atoms with van der Waals surface area (Å²) in [5.74, 6) is -4.00. The van der Waals surface area contributed by atoms with E-state index in [9.17, 15) is 36.6 Å². The molecule has 2 amide bonds. The van der Waals surface area contributed by atoms with Gasteiger partial charge in [-0.25, -0.2) is 8.78 Å². The normalized spacial score (nSPS) is 14.0. The van der Waals surface area contributed by atoms with Crippen LogP contribution < -0.4 is 10.6 Å². The van der Waals surface area contributed by atoms with Gasteiger partial charge in [0.2, 0.25) is 11.8 Å². The number of alkyl halides is 3. The van der Waals surface area contributed by atoms with Gasteiger partial charge in [0.05, 0.1) is 6.54 Å². The summed E-state index contributed by atoms with van der Waals surface area (Å²) in [4.78, 5) is 22.6. The van der Waals surface area contributed by atoms with Crippen LogP contribution in [0.3, 0.4) is 0 Å².